The Morgan fingerprint density at radius 1 is 1.11 bits per heavy atom. The number of hydrogen-bond donors (Lipinski definition) is 0. The van der Waals surface area contributed by atoms with Gasteiger partial charge in [-0.1, -0.05) is 42.4 Å². The summed E-state index contributed by atoms with van der Waals surface area (Å²) in [6, 6.07) is 14.8. The van der Waals surface area contributed by atoms with Gasteiger partial charge in [0.25, 0.3) is 0 Å². The van der Waals surface area contributed by atoms with E-state index in [-0.39, 0.29) is 6.04 Å². The standard InChI is InChI=1S/C22H25N3O3/c1-4-20-23-21(28-24-20)14-25-11-10-16-12-18(26-2)19(27-3)13-17(16)22(25)15-8-6-5-7-9-15/h5-9,12-13,22H,4,10-11,14H2,1-3H3. The van der Waals surface area contributed by atoms with Crippen LogP contribution in [-0.2, 0) is 19.4 Å². The highest BCUT2D eigenvalue weighted by molar-refractivity contribution is 5.51. The summed E-state index contributed by atoms with van der Waals surface area (Å²) in [5.74, 6) is 2.91. The van der Waals surface area contributed by atoms with E-state index in [0.717, 1.165) is 36.7 Å². The fourth-order valence-electron chi connectivity index (χ4n) is 3.87. The highest BCUT2D eigenvalue weighted by Crippen LogP contribution is 2.41. The first-order valence-electron chi connectivity index (χ1n) is 9.58. The predicted molar refractivity (Wildman–Crippen MR) is 106 cm³/mol. The second-order valence-electron chi connectivity index (χ2n) is 6.90. The fourth-order valence-corrected chi connectivity index (χ4v) is 3.87. The molecule has 6 nitrogen and oxygen atoms in total. The van der Waals surface area contributed by atoms with Crippen LogP contribution in [0.2, 0.25) is 0 Å². The summed E-state index contributed by atoms with van der Waals surface area (Å²) in [6.45, 7) is 3.53. The van der Waals surface area contributed by atoms with Crippen molar-refractivity contribution in [2.24, 2.45) is 0 Å². The average molecular weight is 379 g/mol. The normalized spacial score (nSPS) is 16.6. The maximum Gasteiger partial charge on any atom is 0.240 e. The van der Waals surface area contributed by atoms with Crippen LogP contribution < -0.4 is 9.47 Å². The van der Waals surface area contributed by atoms with Crippen LogP contribution in [0.25, 0.3) is 0 Å². The van der Waals surface area contributed by atoms with Gasteiger partial charge in [0.1, 0.15) is 0 Å². The first-order chi connectivity index (χ1) is 13.7. The van der Waals surface area contributed by atoms with Gasteiger partial charge in [0.05, 0.1) is 26.8 Å². The Hall–Kier alpha value is -2.86. The second-order valence-corrected chi connectivity index (χ2v) is 6.90. The monoisotopic (exact) mass is 379 g/mol. The number of ether oxygens (including phenoxy) is 2. The third kappa shape index (κ3) is 3.47. The molecule has 1 aromatic heterocycles. The molecule has 2 heterocycles. The summed E-state index contributed by atoms with van der Waals surface area (Å²) in [5, 5.41) is 4.04. The van der Waals surface area contributed by atoms with Gasteiger partial charge >= 0.3 is 0 Å². The molecule has 3 aromatic rings. The predicted octanol–water partition coefficient (Wildman–Crippen LogP) is 3.80. The number of methoxy groups -OCH3 is 2. The highest BCUT2D eigenvalue weighted by atomic mass is 16.5. The van der Waals surface area contributed by atoms with Crippen molar-refractivity contribution in [2.45, 2.75) is 32.4 Å². The largest absolute Gasteiger partial charge is 0.493 e. The smallest absolute Gasteiger partial charge is 0.240 e. The first-order valence-corrected chi connectivity index (χ1v) is 9.58. The molecule has 0 saturated heterocycles. The van der Waals surface area contributed by atoms with Crippen LogP contribution >= 0.6 is 0 Å². The van der Waals surface area contributed by atoms with E-state index in [1.807, 2.05) is 13.0 Å². The van der Waals surface area contributed by atoms with Crippen molar-refractivity contribution in [3.05, 3.63) is 70.9 Å². The number of aromatic nitrogens is 2. The van der Waals surface area contributed by atoms with Crippen molar-refractivity contribution < 1.29 is 14.0 Å². The van der Waals surface area contributed by atoms with E-state index in [0.29, 0.717) is 12.4 Å². The maximum absolute atomic E-state index is 5.57. The molecule has 4 rings (SSSR count). The summed E-state index contributed by atoms with van der Waals surface area (Å²) in [7, 11) is 3.35. The molecule has 2 aromatic carbocycles. The Morgan fingerprint density at radius 2 is 1.86 bits per heavy atom. The van der Waals surface area contributed by atoms with Crippen LogP contribution in [0.1, 0.15) is 41.4 Å². The van der Waals surface area contributed by atoms with E-state index >= 15 is 0 Å². The zero-order valence-electron chi connectivity index (χ0n) is 16.5. The van der Waals surface area contributed by atoms with Gasteiger partial charge < -0.3 is 14.0 Å². The summed E-state index contributed by atoms with van der Waals surface area (Å²) >= 11 is 0. The summed E-state index contributed by atoms with van der Waals surface area (Å²) in [5.41, 5.74) is 3.73. The minimum atomic E-state index is 0.0849. The highest BCUT2D eigenvalue weighted by Gasteiger charge is 2.31. The molecular formula is C22H25N3O3. The van der Waals surface area contributed by atoms with E-state index in [4.69, 9.17) is 14.0 Å². The minimum absolute atomic E-state index is 0.0849. The Labute approximate surface area is 165 Å². The van der Waals surface area contributed by atoms with E-state index < -0.39 is 0 Å². The third-order valence-electron chi connectivity index (χ3n) is 5.25. The van der Waals surface area contributed by atoms with Crippen molar-refractivity contribution in [1.29, 1.82) is 0 Å². The van der Waals surface area contributed by atoms with E-state index in [1.165, 1.54) is 16.7 Å². The number of fused-ring (bicyclic) bond motifs is 1. The molecule has 0 fully saturated rings. The molecule has 0 radical (unpaired) electrons. The molecule has 1 atom stereocenters. The second kappa shape index (κ2) is 8.02. The molecule has 0 spiro atoms. The quantitative estimate of drug-likeness (QED) is 0.649. The van der Waals surface area contributed by atoms with Crippen LogP contribution in [0, 0.1) is 0 Å². The number of rotatable bonds is 6. The topological polar surface area (TPSA) is 60.6 Å². The molecule has 146 valence electrons. The minimum Gasteiger partial charge on any atom is -0.493 e. The van der Waals surface area contributed by atoms with Gasteiger partial charge in [0.2, 0.25) is 5.89 Å². The lowest BCUT2D eigenvalue weighted by Crippen LogP contribution is -2.35. The number of nitrogens with zero attached hydrogens (tertiary/aromatic N) is 3. The van der Waals surface area contributed by atoms with Crippen LogP contribution in [-0.4, -0.2) is 35.8 Å². The van der Waals surface area contributed by atoms with Gasteiger partial charge in [0.15, 0.2) is 17.3 Å². The zero-order chi connectivity index (χ0) is 19.5. The molecule has 6 heteroatoms. The van der Waals surface area contributed by atoms with Gasteiger partial charge in [-0.15, -0.1) is 0 Å². The first kappa shape index (κ1) is 18.5. The molecule has 1 aliphatic heterocycles. The van der Waals surface area contributed by atoms with Gasteiger partial charge in [-0.25, -0.2) is 0 Å². The van der Waals surface area contributed by atoms with Crippen LogP contribution in [0.15, 0.2) is 47.0 Å². The Bertz CT molecular complexity index is 939. The van der Waals surface area contributed by atoms with Gasteiger partial charge in [-0.05, 0) is 35.2 Å². The zero-order valence-corrected chi connectivity index (χ0v) is 16.5. The van der Waals surface area contributed by atoms with Crippen LogP contribution in [0.5, 0.6) is 11.5 Å². The Morgan fingerprint density at radius 3 is 2.54 bits per heavy atom. The Kier molecular flexibility index (Phi) is 5.30. The Balaban J connectivity index is 1.76. The summed E-state index contributed by atoms with van der Waals surface area (Å²) < 4.78 is 16.5. The molecule has 1 unspecified atom stereocenters. The van der Waals surface area contributed by atoms with Crippen molar-refractivity contribution in [3.63, 3.8) is 0 Å². The molecule has 0 amide bonds. The van der Waals surface area contributed by atoms with Crippen molar-refractivity contribution >= 4 is 0 Å². The maximum atomic E-state index is 5.57. The van der Waals surface area contributed by atoms with Crippen molar-refractivity contribution in [2.75, 3.05) is 20.8 Å². The average Bonchev–Trinajstić information content (AvgIpc) is 3.20. The lowest BCUT2D eigenvalue weighted by molar-refractivity contribution is 0.177. The van der Waals surface area contributed by atoms with Crippen molar-refractivity contribution in [1.82, 2.24) is 15.0 Å². The molecule has 0 saturated carbocycles. The lowest BCUT2D eigenvalue weighted by atomic mass is 9.87. The van der Waals surface area contributed by atoms with E-state index in [1.54, 1.807) is 14.2 Å². The van der Waals surface area contributed by atoms with Crippen molar-refractivity contribution in [3.8, 4) is 11.5 Å². The molecule has 1 aliphatic rings. The lowest BCUT2D eigenvalue weighted by Gasteiger charge is -2.37. The summed E-state index contributed by atoms with van der Waals surface area (Å²) in [6.07, 6.45) is 1.69. The van der Waals surface area contributed by atoms with Gasteiger partial charge in [-0.2, -0.15) is 4.98 Å². The van der Waals surface area contributed by atoms with Crippen LogP contribution in [0.4, 0.5) is 0 Å². The molecular weight excluding hydrogens is 354 g/mol. The van der Waals surface area contributed by atoms with E-state index in [2.05, 4.69) is 51.4 Å². The molecule has 0 aliphatic carbocycles. The SMILES string of the molecule is CCc1noc(CN2CCc3cc(OC)c(OC)cc3C2c2ccccc2)n1. The molecule has 0 bridgehead atoms. The van der Waals surface area contributed by atoms with Gasteiger partial charge in [0, 0.05) is 13.0 Å². The fraction of sp³-hybridized carbons (Fsp3) is 0.364. The number of benzene rings is 2. The van der Waals surface area contributed by atoms with Crippen LogP contribution in [0.3, 0.4) is 0 Å². The summed E-state index contributed by atoms with van der Waals surface area (Å²) in [4.78, 5) is 6.89. The molecule has 28 heavy (non-hydrogen) atoms. The number of hydrogen-bond acceptors (Lipinski definition) is 6. The third-order valence-corrected chi connectivity index (χ3v) is 5.25. The van der Waals surface area contributed by atoms with Gasteiger partial charge in [-0.3, -0.25) is 4.90 Å². The molecule has 0 N–H and O–H groups in total. The number of aryl methyl sites for hydroxylation is 1. The van der Waals surface area contributed by atoms with E-state index in [9.17, 15) is 0 Å².